The molecule has 0 N–H and O–H groups in total. The third-order valence-electron chi connectivity index (χ3n) is 3.08. The van der Waals surface area contributed by atoms with Crippen molar-refractivity contribution in [3.63, 3.8) is 0 Å². The van der Waals surface area contributed by atoms with Crippen LogP contribution in [0.5, 0.6) is 0 Å². The van der Waals surface area contributed by atoms with Crippen LogP contribution in [0.25, 0.3) is 0 Å². The van der Waals surface area contributed by atoms with E-state index in [0.717, 1.165) is 13.0 Å². The number of carbonyl (C=O) groups is 4. The van der Waals surface area contributed by atoms with Crippen molar-refractivity contribution in [1.82, 2.24) is 0 Å². The molecule has 0 saturated carbocycles. The third-order valence-corrected chi connectivity index (χ3v) is 3.08. The average Bonchev–Trinajstić information content (AvgIpc) is 2.73. The summed E-state index contributed by atoms with van der Waals surface area (Å²) < 4.78 is 0. The van der Waals surface area contributed by atoms with E-state index in [-0.39, 0.29) is 0 Å². The van der Waals surface area contributed by atoms with Gasteiger partial charge in [0, 0.05) is 6.92 Å². The second-order valence-corrected chi connectivity index (χ2v) is 5.54. The molecule has 0 saturated heterocycles. The predicted molar refractivity (Wildman–Crippen MR) is 123 cm³/mol. The normalized spacial score (nSPS) is 13.5. The van der Waals surface area contributed by atoms with Crippen LogP contribution in [0.15, 0.2) is 122 Å². The summed E-state index contributed by atoms with van der Waals surface area (Å²) in [7, 11) is 0. The highest BCUT2D eigenvalue weighted by molar-refractivity contribution is 6.79. The largest absolute Gasteiger partial charge is 0.291 e. The van der Waals surface area contributed by atoms with Crippen LogP contribution in [-0.4, -0.2) is 23.1 Å². The molecule has 0 spiro atoms. The minimum Gasteiger partial charge on any atom is -0.291 e. The number of rotatable bonds is 13. The SMILES string of the molecule is CC=CC=CC=CC=CC=CC=CC=CC=CC=CC=CC(=O)C(=O)C(=O)C(C)=O. The van der Waals surface area contributed by atoms with E-state index < -0.39 is 23.1 Å². The molecule has 0 rings (SSSR count). The Bertz CT molecular complexity index is 880. The van der Waals surface area contributed by atoms with Gasteiger partial charge in [-0.25, -0.2) is 0 Å². The summed E-state index contributed by atoms with van der Waals surface area (Å²) in [6, 6.07) is 0. The van der Waals surface area contributed by atoms with Crippen LogP contribution in [0.4, 0.5) is 0 Å². The predicted octanol–water partition coefficient (Wildman–Crippen LogP) is 4.86. The molecule has 0 atom stereocenters. The standard InChI is InChI=1S/C26H26O4/c1-3-4-5-6-7-8-9-10-11-12-13-14-15-16-17-18-19-20-21-22-24(28)26(30)25(29)23(2)27/h3-22H,1-2H3. The molecule has 0 heterocycles. The summed E-state index contributed by atoms with van der Waals surface area (Å²) in [5.74, 6) is -4.60. The van der Waals surface area contributed by atoms with E-state index in [9.17, 15) is 19.2 Å². The highest BCUT2D eigenvalue weighted by atomic mass is 16.2. The number of hydrogen-bond acceptors (Lipinski definition) is 4. The Morgan fingerprint density at radius 2 is 0.733 bits per heavy atom. The lowest BCUT2D eigenvalue weighted by Crippen LogP contribution is -2.27. The topological polar surface area (TPSA) is 68.3 Å². The Morgan fingerprint density at radius 3 is 1.03 bits per heavy atom. The average molecular weight is 402 g/mol. The molecule has 4 heteroatoms. The number of Topliss-reactive ketones (excluding diaryl/α,β-unsaturated/α-hetero) is 3. The van der Waals surface area contributed by atoms with E-state index >= 15 is 0 Å². The summed E-state index contributed by atoms with van der Waals surface area (Å²) in [5, 5.41) is 0. The van der Waals surface area contributed by atoms with Gasteiger partial charge in [0.1, 0.15) is 0 Å². The minimum atomic E-state index is -1.32. The van der Waals surface area contributed by atoms with Crippen LogP contribution in [0, 0.1) is 0 Å². The number of carbonyl (C=O) groups excluding carboxylic acids is 4. The van der Waals surface area contributed by atoms with Crippen molar-refractivity contribution in [3.05, 3.63) is 122 Å². The molecule has 0 aromatic rings. The first-order valence-corrected chi connectivity index (χ1v) is 9.27. The second kappa shape index (κ2) is 18.4. The molecule has 0 aliphatic carbocycles. The first-order valence-electron chi connectivity index (χ1n) is 9.27. The van der Waals surface area contributed by atoms with E-state index in [2.05, 4.69) is 0 Å². The van der Waals surface area contributed by atoms with Crippen LogP contribution < -0.4 is 0 Å². The molecule has 0 radical (unpaired) electrons. The lowest BCUT2D eigenvalue weighted by atomic mass is 10.1. The molecule has 0 bridgehead atoms. The molecule has 0 aromatic heterocycles. The van der Waals surface area contributed by atoms with E-state index in [1.807, 2.05) is 92.0 Å². The molecular formula is C26H26O4. The molecule has 0 unspecified atom stereocenters. The van der Waals surface area contributed by atoms with Crippen molar-refractivity contribution >= 4 is 23.1 Å². The maximum Gasteiger partial charge on any atom is 0.276 e. The van der Waals surface area contributed by atoms with E-state index in [0.29, 0.717) is 0 Å². The van der Waals surface area contributed by atoms with E-state index in [1.165, 1.54) is 12.2 Å². The lowest BCUT2D eigenvalue weighted by Gasteiger charge is -1.89. The third kappa shape index (κ3) is 15.2. The smallest absolute Gasteiger partial charge is 0.276 e. The fourth-order valence-electron chi connectivity index (χ4n) is 1.63. The molecule has 0 aromatic carbocycles. The van der Waals surface area contributed by atoms with Gasteiger partial charge >= 0.3 is 0 Å². The Morgan fingerprint density at radius 1 is 0.433 bits per heavy atom. The van der Waals surface area contributed by atoms with Gasteiger partial charge in [-0.1, -0.05) is 115 Å². The first-order chi connectivity index (χ1) is 14.5. The Hall–Kier alpha value is -3.92. The van der Waals surface area contributed by atoms with Gasteiger partial charge in [-0.15, -0.1) is 0 Å². The molecule has 4 nitrogen and oxygen atoms in total. The maximum atomic E-state index is 11.4. The van der Waals surface area contributed by atoms with Crippen molar-refractivity contribution < 1.29 is 19.2 Å². The van der Waals surface area contributed by atoms with Crippen LogP contribution in [-0.2, 0) is 19.2 Å². The second-order valence-electron chi connectivity index (χ2n) is 5.54. The number of allylic oxidation sites excluding steroid dienone is 20. The van der Waals surface area contributed by atoms with Gasteiger partial charge in [-0.2, -0.15) is 0 Å². The fourth-order valence-corrected chi connectivity index (χ4v) is 1.63. The van der Waals surface area contributed by atoms with Gasteiger partial charge in [-0.3, -0.25) is 19.2 Å². The Balaban J connectivity index is 4.18. The zero-order valence-electron chi connectivity index (χ0n) is 17.2. The summed E-state index contributed by atoms with van der Waals surface area (Å²) in [5.41, 5.74) is 0. The highest BCUT2D eigenvalue weighted by Crippen LogP contribution is 1.89. The van der Waals surface area contributed by atoms with Gasteiger partial charge in [0.05, 0.1) is 0 Å². The van der Waals surface area contributed by atoms with Crippen molar-refractivity contribution in [1.29, 1.82) is 0 Å². The van der Waals surface area contributed by atoms with Crippen LogP contribution in [0.1, 0.15) is 13.8 Å². The minimum absolute atomic E-state index is 0.948. The molecule has 0 fully saturated rings. The Kier molecular flexibility index (Phi) is 16.0. The summed E-state index contributed by atoms with van der Waals surface area (Å²) >= 11 is 0. The zero-order chi connectivity index (χ0) is 22.5. The lowest BCUT2D eigenvalue weighted by molar-refractivity contribution is -0.146. The molecule has 154 valence electrons. The molecule has 0 aliphatic heterocycles. The summed E-state index contributed by atoms with van der Waals surface area (Å²) in [4.78, 5) is 44.5. The molecule has 0 amide bonds. The van der Waals surface area contributed by atoms with Crippen LogP contribution in [0.2, 0.25) is 0 Å². The summed E-state index contributed by atoms with van der Waals surface area (Å²) in [6.07, 6.45) is 35.9. The van der Waals surface area contributed by atoms with Gasteiger partial charge < -0.3 is 0 Å². The van der Waals surface area contributed by atoms with Crippen molar-refractivity contribution in [2.75, 3.05) is 0 Å². The quantitative estimate of drug-likeness (QED) is 0.191. The molecular weight excluding hydrogens is 376 g/mol. The zero-order valence-corrected chi connectivity index (χ0v) is 17.2. The molecule has 30 heavy (non-hydrogen) atoms. The van der Waals surface area contributed by atoms with Crippen molar-refractivity contribution in [2.45, 2.75) is 13.8 Å². The van der Waals surface area contributed by atoms with Gasteiger partial charge in [0.25, 0.3) is 11.6 Å². The first kappa shape index (κ1) is 26.1. The van der Waals surface area contributed by atoms with Crippen molar-refractivity contribution in [2.24, 2.45) is 0 Å². The van der Waals surface area contributed by atoms with Crippen LogP contribution >= 0.6 is 0 Å². The molecule has 0 aliphatic rings. The monoisotopic (exact) mass is 402 g/mol. The number of ketones is 4. The van der Waals surface area contributed by atoms with Gasteiger partial charge in [0.2, 0.25) is 11.6 Å². The highest BCUT2D eigenvalue weighted by Gasteiger charge is 2.23. The maximum absolute atomic E-state index is 11.4. The van der Waals surface area contributed by atoms with Gasteiger partial charge in [0.15, 0.2) is 0 Å². The number of hydrogen-bond donors (Lipinski definition) is 0. The Labute approximate surface area is 178 Å². The van der Waals surface area contributed by atoms with Crippen molar-refractivity contribution in [3.8, 4) is 0 Å². The fraction of sp³-hybridized carbons (Fsp3) is 0.0769. The van der Waals surface area contributed by atoms with Crippen LogP contribution in [0.3, 0.4) is 0 Å². The van der Waals surface area contributed by atoms with E-state index in [1.54, 1.807) is 18.2 Å². The van der Waals surface area contributed by atoms with E-state index in [4.69, 9.17) is 0 Å². The van der Waals surface area contributed by atoms with Gasteiger partial charge in [-0.05, 0) is 13.0 Å². The summed E-state index contributed by atoms with van der Waals surface area (Å²) in [6.45, 7) is 2.92.